The van der Waals surface area contributed by atoms with Crippen LogP contribution in [0.3, 0.4) is 0 Å². The van der Waals surface area contributed by atoms with Crippen LogP contribution in [0.4, 0.5) is 0 Å². The van der Waals surface area contributed by atoms with Crippen molar-refractivity contribution in [1.29, 1.82) is 0 Å². The Labute approximate surface area is 86.6 Å². The molecular weight excluding hydrogens is 206 g/mol. The minimum absolute atomic E-state index is 0.707. The molecule has 1 rings (SSSR count). The molecule has 0 radical (unpaired) electrons. The first-order valence-electron chi connectivity index (χ1n) is 4.04. The van der Waals surface area contributed by atoms with E-state index in [0.29, 0.717) is 5.84 Å². The standard InChI is InChI=1S/C8H12ClN3S/c1-2-5-11-8(12-10)6-3-4-7(9)13-6/h3-4H,2,5,10H2,1H3,(H,11,12). The SMILES string of the molecule is CCCN=C(NN)c1ccc(Cl)s1. The van der Waals surface area contributed by atoms with Gasteiger partial charge >= 0.3 is 0 Å². The Morgan fingerprint density at radius 1 is 1.69 bits per heavy atom. The third-order valence-corrected chi connectivity index (χ3v) is 2.67. The summed E-state index contributed by atoms with van der Waals surface area (Å²) in [5, 5.41) is 0. The molecule has 0 atom stereocenters. The quantitative estimate of drug-likeness (QED) is 0.352. The molecule has 0 aliphatic carbocycles. The van der Waals surface area contributed by atoms with E-state index in [1.807, 2.05) is 12.1 Å². The van der Waals surface area contributed by atoms with Crippen LogP contribution in [0.1, 0.15) is 18.2 Å². The monoisotopic (exact) mass is 217 g/mol. The van der Waals surface area contributed by atoms with Gasteiger partial charge in [-0.3, -0.25) is 4.99 Å². The first-order valence-corrected chi connectivity index (χ1v) is 5.24. The van der Waals surface area contributed by atoms with Gasteiger partial charge in [-0.2, -0.15) is 0 Å². The van der Waals surface area contributed by atoms with Crippen molar-refractivity contribution in [2.45, 2.75) is 13.3 Å². The predicted molar refractivity (Wildman–Crippen MR) is 58.3 cm³/mol. The van der Waals surface area contributed by atoms with Crippen LogP contribution in [-0.4, -0.2) is 12.4 Å². The van der Waals surface area contributed by atoms with Crippen LogP contribution in [0.2, 0.25) is 4.34 Å². The van der Waals surface area contributed by atoms with Gasteiger partial charge in [-0.05, 0) is 18.6 Å². The van der Waals surface area contributed by atoms with Gasteiger partial charge in [-0.25, -0.2) is 5.84 Å². The Morgan fingerprint density at radius 3 is 2.92 bits per heavy atom. The number of hydrazine groups is 1. The number of aliphatic imine (C=N–C) groups is 1. The molecule has 0 saturated carbocycles. The van der Waals surface area contributed by atoms with Crippen LogP contribution in [0.15, 0.2) is 17.1 Å². The zero-order valence-corrected chi connectivity index (χ0v) is 8.95. The summed E-state index contributed by atoms with van der Waals surface area (Å²) >= 11 is 7.25. The van der Waals surface area contributed by atoms with Crippen LogP contribution in [0.5, 0.6) is 0 Å². The summed E-state index contributed by atoms with van der Waals surface area (Å²) in [7, 11) is 0. The van der Waals surface area contributed by atoms with Gasteiger partial charge in [-0.1, -0.05) is 18.5 Å². The number of halogens is 1. The van der Waals surface area contributed by atoms with E-state index in [1.54, 1.807) is 0 Å². The molecule has 13 heavy (non-hydrogen) atoms. The lowest BCUT2D eigenvalue weighted by atomic mass is 10.4. The predicted octanol–water partition coefficient (Wildman–Crippen LogP) is 2.02. The maximum Gasteiger partial charge on any atom is 0.152 e. The van der Waals surface area contributed by atoms with Gasteiger partial charge < -0.3 is 5.43 Å². The second kappa shape index (κ2) is 5.21. The fourth-order valence-electron chi connectivity index (χ4n) is 0.860. The summed E-state index contributed by atoms with van der Waals surface area (Å²) in [6, 6.07) is 3.74. The molecule has 1 aromatic rings. The van der Waals surface area contributed by atoms with Crippen LogP contribution in [0, 0.1) is 0 Å². The van der Waals surface area contributed by atoms with E-state index in [9.17, 15) is 0 Å². The van der Waals surface area contributed by atoms with Gasteiger partial charge in [0.1, 0.15) is 0 Å². The van der Waals surface area contributed by atoms with Crippen molar-refractivity contribution in [1.82, 2.24) is 5.43 Å². The van der Waals surface area contributed by atoms with E-state index in [-0.39, 0.29) is 0 Å². The third kappa shape index (κ3) is 2.99. The lowest BCUT2D eigenvalue weighted by Gasteiger charge is -2.01. The highest BCUT2D eigenvalue weighted by atomic mass is 35.5. The average Bonchev–Trinajstić information content (AvgIpc) is 2.54. The van der Waals surface area contributed by atoms with Crippen molar-refractivity contribution >= 4 is 28.8 Å². The minimum Gasteiger partial charge on any atom is -0.308 e. The molecule has 0 amide bonds. The number of nitrogens with one attached hydrogen (secondary N) is 1. The summed E-state index contributed by atoms with van der Waals surface area (Å²) in [6.07, 6.45) is 1.00. The lowest BCUT2D eigenvalue weighted by Crippen LogP contribution is -2.30. The summed E-state index contributed by atoms with van der Waals surface area (Å²) in [5.41, 5.74) is 2.57. The molecule has 0 aliphatic heterocycles. The fourth-order valence-corrected chi connectivity index (χ4v) is 1.87. The molecule has 0 fully saturated rings. The third-order valence-electron chi connectivity index (χ3n) is 1.44. The summed E-state index contributed by atoms with van der Waals surface area (Å²) in [5.74, 6) is 6.04. The number of nitrogens with two attached hydrogens (primary N) is 1. The molecule has 1 aromatic heterocycles. The number of rotatable bonds is 3. The van der Waals surface area contributed by atoms with E-state index in [0.717, 1.165) is 22.2 Å². The maximum atomic E-state index is 5.79. The average molecular weight is 218 g/mol. The number of hydrogen-bond acceptors (Lipinski definition) is 3. The van der Waals surface area contributed by atoms with Crippen LogP contribution in [-0.2, 0) is 0 Å². The van der Waals surface area contributed by atoms with Crippen LogP contribution in [0.25, 0.3) is 0 Å². The van der Waals surface area contributed by atoms with E-state index < -0.39 is 0 Å². The van der Waals surface area contributed by atoms with Crippen molar-refractivity contribution in [3.8, 4) is 0 Å². The second-order valence-corrected chi connectivity index (χ2v) is 4.19. The first-order chi connectivity index (χ1) is 6.27. The highest BCUT2D eigenvalue weighted by molar-refractivity contribution is 7.18. The van der Waals surface area contributed by atoms with Gasteiger partial charge in [0.15, 0.2) is 5.84 Å². The first kappa shape index (κ1) is 10.5. The zero-order chi connectivity index (χ0) is 9.68. The van der Waals surface area contributed by atoms with E-state index in [4.69, 9.17) is 17.4 Å². The number of amidine groups is 1. The van der Waals surface area contributed by atoms with Gasteiger partial charge in [0.2, 0.25) is 0 Å². The van der Waals surface area contributed by atoms with Crippen molar-refractivity contribution in [3.05, 3.63) is 21.3 Å². The maximum absolute atomic E-state index is 5.79. The summed E-state index contributed by atoms with van der Waals surface area (Å²) < 4.78 is 0.745. The molecule has 0 aliphatic rings. The Hall–Kier alpha value is -0.580. The van der Waals surface area contributed by atoms with Crippen LogP contribution >= 0.6 is 22.9 Å². The van der Waals surface area contributed by atoms with E-state index in [2.05, 4.69) is 17.3 Å². The normalized spacial score (nSPS) is 11.8. The van der Waals surface area contributed by atoms with Crippen LogP contribution < -0.4 is 11.3 Å². The van der Waals surface area contributed by atoms with Crippen molar-refractivity contribution in [3.63, 3.8) is 0 Å². The van der Waals surface area contributed by atoms with E-state index in [1.165, 1.54) is 11.3 Å². The molecule has 3 N–H and O–H groups in total. The van der Waals surface area contributed by atoms with Crippen molar-refractivity contribution in [2.75, 3.05) is 6.54 Å². The summed E-state index contributed by atoms with van der Waals surface area (Å²) in [6.45, 7) is 2.84. The lowest BCUT2D eigenvalue weighted by molar-refractivity contribution is 0.909. The molecule has 5 heteroatoms. The van der Waals surface area contributed by atoms with Gasteiger partial charge in [0.25, 0.3) is 0 Å². The van der Waals surface area contributed by atoms with Gasteiger partial charge in [-0.15, -0.1) is 11.3 Å². The van der Waals surface area contributed by atoms with Gasteiger partial charge in [0.05, 0.1) is 9.21 Å². The van der Waals surface area contributed by atoms with Crippen molar-refractivity contribution < 1.29 is 0 Å². The summed E-state index contributed by atoms with van der Waals surface area (Å²) in [4.78, 5) is 5.25. The molecule has 0 spiro atoms. The second-order valence-electron chi connectivity index (χ2n) is 2.48. The molecule has 0 unspecified atom stereocenters. The molecule has 0 bridgehead atoms. The fraction of sp³-hybridized carbons (Fsp3) is 0.375. The largest absolute Gasteiger partial charge is 0.308 e. The number of hydrogen-bond donors (Lipinski definition) is 2. The Kier molecular flexibility index (Phi) is 4.21. The number of nitrogens with zero attached hydrogens (tertiary/aromatic N) is 1. The van der Waals surface area contributed by atoms with Crippen molar-refractivity contribution in [2.24, 2.45) is 10.8 Å². The molecule has 1 heterocycles. The molecule has 0 saturated heterocycles. The topological polar surface area (TPSA) is 50.4 Å². The zero-order valence-electron chi connectivity index (χ0n) is 7.38. The van der Waals surface area contributed by atoms with Gasteiger partial charge in [0, 0.05) is 6.54 Å². The van der Waals surface area contributed by atoms with E-state index >= 15 is 0 Å². The highest BCUT2D eigenvalue weighted by Gasteiger charge is 2.03. The smallest absolute Gasteiger partial charge is 0.152 e. The molecule has 72 valence electrons. The Balaban J connectivity index is 2.77. The molecular formula is C8H12ClN3S. The Morgan fingerprint density at radius 2 is 2.46 bits per heavy atom. The minimum atomic E-state index is 0.707. The number of thiophene rings is 1. The molecule has 3 nitrogen and oxygen atoms in total. The highest BCUT2D eigenvalue weighted by Crippen LogP contribution is 2.21. The molecule has 0 aromatic carbocycles. The Bertz CT molecular complexity index is 295.